The molecular formula is C11H14N6O3. The largest absolute Gasteiger partial charge is 0.364 e. The van der Waals surface area contributed by atoms with Crippen LogP contribution in [0.1, 0.15) is 19.0 Å². The Morgan fingerprint density at radius 2 is 2.30 bits per heavy atom. The molecule has 2 rings (SSSR count). The Kier molecular flexibility index (Phi) is 4.43. The Balaban J connectivity index is 2.15. The fraction of sp³-hybridized carbons (Fsp3) is 0.364. The third kappa shape index (κ3) is 3.40. The molecule has 0 amide bonds. The Bertz CT molecular complexity index is 572. The summed E-state index contributed by atoms with van der Waals surface area (Å²) in [4.78, 5) is 18.4. The van der Waals surface area contributed by atoms with Gasteiger partial charge < -0.3 is 15.2 Å². The molecule has 0 saturated carbocycles. The topological polar surface area (TPSA) is 119 Å². The molecule has 0 radical (unpaired) electrons. The van der Waals surface area contributed by atoms with Crippen molar-refractivity contribution in [2.45, 2.75) is 19.9 Å². The van der Waals surface area contributed by atoms with Gasteiger partial charge >= 0.3 is 5.69 Å². The van der Waals surface area contributed by atoms with Crippen LogP contribution in [-0.4, -0.2) is 26.6 Å². The molecule has 2 aromatic rings. The first-order chi connectivity index (χ1) is 9.70. The highest BCUT2D eigenvalue weighted by atomic mass is 16.6. The second kappa shape index (κ2) is 6.45. The quantitative estimate of drug-likeness (QED) is 0.581. The molecule has 2 N–H and O–H groups in total. The van der Waals surface area contributed by atoms with Gasteiger partial charge in [0.05, 0.1) is 11.5 Å². The van der Waals surface area contributed by atoms with Crippen molar-refractivity contribution < 1.29 is 9.45 Å². The second-order valence-corrected chi connectivity index (χ2v) is 3.96. The minimum Gasteiger partial charge on any atom is -0.364 e. The predicted octanol–water partition coefficient (Wildman–Crippen LogP) is 1.81. The number of nitro groups is 1. The number of anilines is 2. The summed E-state index contributed by atoms with van der Waals surface area (Å²) in [5.41, 5.74) is 0.441. The van der Waals surface area contributed by atoms with Crippen LogP contribution >= 0.6 is 0 Å². The van der Waals surface area contributed by atoms with Crippen molar-refractivity contribution in [2.24, 2.45) is 0 Å². The highest BCUT2D eigenvalue weighted by Crippen LogP contribution is 2.22. The number of nitrogens with zero attached hydrogens (tertiary/aromatic N) is 4. The van der Waals surface area contributed by atoms with Gasteiger partial charge in [-0.15, -0.1) is 0 Å². The van der Waals surface area contributed by atoms with Crippen LogP contribution in [-0.2, 0) is 6.54 Å². The van der Waals surface area contributed by atoms with E-state index < -0.39 is 4.92 Å². The average Bonchev–Trinajstić information content (AvgIpc) is 2.96. The number of hydrogen-bond donors (Lipinski definition) is 2. The van der Waals surface area contributed by atoms with Gasteiger partial charge in [0.1, 0.15) is 18.2 Å². The molecule has 0 atom stereocenters. The third-order valence-electron chi connectivity index (χ3n) is 2.43. The zero-order chi connectivity index (χ0) is 14.4. The predicted molar refractivity (Wildman–Crippen MR) is 71.3 cm³/mol. The van der Waals surface area contributed by atoms with Crippen LogP contribution in [0, 0.1) is 10.1 Å². The van der Waals surface area contributed by atoms with Gasteiger partial charge in [-0.3, -0.25) is 10.1 Å². The molecule has 2 heterocycles. The van der Waals surface area contributed by atoms with Gasteiger partial charge in [-0.2, -0.15) is 4.98 Å². The number of hydrogen-bond acceptors (Lipinski definition) is 8. The summed E-state index contributed by atoms with van der Waals surface area (Å²) >= 11 is 0. The average molecular weight is 278 g/mol. The molecule has 0 unspecified atom stereocenters. The molecule has 9 nitrogen and oxygen atoms in total. The Labute approximate surface area is 114 Å². The van der Waals surface area contributed by atoms with E-state index in [1.54, 1.807) is 6.07 Å². The van der Waals surface area contributed by atoms with Crippen LogP contribution in [0.25, 0.3) is 0 Å². The number of rotatable bonds is 7. The molecule has 9 heteroatoms. The maximum Gasteiger partial charge on any atom is 0.329 e. The summed E-state index contributed by atoms with van der Waals surface area (Å²) in [5.74, 6) is 0.492. The molecule has 0 aliphatic carbocycles. The van der Waals surface area contributed by atoms with Gasteiger partial charge in [-0.1, -0.05) is 12.1 Å². The maximum absolute atomic E-state index is 10.9. The Morgan fingerprint density at radius 1 is 1.45 bits per heavy atom. The van der Waals surface area contributed by atoms with E-state index in [4.69, 9.17) is 0 Å². The molecular weight excluding hydrogens is 264 g/mol. The van der Waals surface area contributed by atoms with Gasteiger partial charge in [-0.05, 0) is 6.42 Å². The number of nitrogens with one attached hydrogen (secondary N) is 2. The summed E-state index contributed by atoms with van der Waals surface area (Å²) in [6, 6.07) is 1.66. The van der Waals surface area contributed by atoms with Crippen molar-refractivity contribution in [1.29, 1.82) is 0 Å². The highest BCUT2D eigenvalue weighted by molar-refractivity contribution is 5.56. The molecule has 2 aromatic heterocycles. The first kappa shape index (κ1) is 13.7. The van der Waals surface area contributed by atoms with Crippen LogP contribution in [0.3, 0.4) is 0 Å². The van der Waals surface area contributed by atoms with Gasteiger partial charge in [0, 0.05) is 12.6 Å². The van der Waals surface area contributed by atoms with E-state index in [0.717, 1.165) is 6.42 Å². The van der Waals surface area contributed by atoms with E-state index in [0.29, 0.717) is 18.2 Å². The van der Waals surface area contributed by atoms with Crippen LogP contribution in [0.5, 0.6) is 0 Å². The van der Waals surface area contributed by atoms with Gasteiger partial charge in [-0.25, -0.2) is 4.98 Å². The van der Waals surface area contributed by atoms with Crippen molar-refractivity contribution in [2.75, 3.05) is 17.2 Å². The zero-order valence-electron chi connectivity index (χ0n) is 10.9. The van der Waals surface area contributed by atoms with Crippen LogP contribution in [0.2, 0.25) is 0 Å². The van der Waals surface area contributed by atoms with Crippen LogP contribution in [0.4, 0.5) is 17.5 Å². The van der Waals surface area contributed by atoms with E-state index in [1.165, 1.54) is 12.5 Å². The fourth-order valence-electron chi connectivity index (χ4n) is 1.46. The van der Waals surface area contributed by atoms with E-state index in [2.05, 4.69) is 30.3 Å². The molecule has 0 spiro atoms. The molecule has 0 aliphatic rings. The molecule has 20 heavy (non-hydrogen) atoms. The van der Waals surface area contributed by atoms with Crippen LogP contribution < -0.4 is 10.6 Å². The fourth-order valence-corrected chi connectivity index (χ4v) is 1.46. The first-order valence-corrected chi connectivity index (χ1v) is 6.09. The van der Waals surface area contributed by atoms with E-state index in [-0.39, 0.29) is 18.1 Å². The standard InChI is InChI=1S/C11H14N6O3/c1-2-4-12-11-14-7-9(17(18)19)10(15-11)13-6-8-3-5-20-16-8/h3,5,7H,2,4,6H2,1H3,(H2,12,13,14,15). The molecule has 106 valence electrons. The monoisotopic (exact) mass is 278 g/mol. The van der Waals surface area contributed by atoms with Crippen molar-refractivity contribution in [3.05, 3.63) is 34.3 Å². The van der Waals surface area contributed by atoms with E-state index in [9.17, 15) is 10.1 Å². The second-order valence-electron chi connectivity index (χ2n) is 3.96. The summed E-state index contributed by atoms with van der Waals surface area (Å²) in [5, 5.41) is 20.5. The van der Waals surface area contributed by atoms with Crippen molar-refractivity contribution in [3.8, 4) is 0 Å². The zero-order valence-corrected chi connectivity index (χ0v) is 10.9. The van der Waals surface area contributed by atoms with E-state index in [1.807, 2.05) is 6.92 Å². The lowest BCUT2D eigenvalue weighted by molar-refractivity contribution is -0.384. The van der Waals surface area contributed by atoms with Crippen molar-refractivity contribution in [1.82, 2.24) is 15.1 Å². The first-order valence-electron chi connectivity index (χ1n) is 6.09. The Hall–Kier alpha value is -2.71. The summed E-state index contributed by atoms with van der Waals surface area (Å²) in [6.07, 6.45) is 3.51. The lowest BCUT2D eigenvalue weighted by Gasteiger charge is -2.07. The lowest BCUT2D eigenvalue weighted by Crippen LogP contribution is -2.09. The molecule has 0 bridgehead atoms. The summed E-state index contributed by atoms with van der Waals surface area (Å²) < 4.78 is 4.69. The molecule has 0 aliphatic heterocycles. The SMILES string of the molecule is CCCNc1ncc([N+](=O)[O-])c(NCc2ccon2)n1. The number of aromatic nitrogens is 3. The highest BCUT2D eigenvalue weighted by Gasteiger charge is 2.17. The molecule has 0 aromatic carbocycles. The summed E-state index contributed by atoms with van der Waals surface area (Å²) in [6.45, 7) is 2.98. The van der Waals surface area contributed by atoms with Gasteiger partial charge in [0.25, 0.3) is 0 Å². The third-order valence-corrected chi connectivity index (χ3v) is 2.43. The lowest BCUT2D eigenvalue weighted by atomic mass is 10.4. The van der Waals surface area contributed by atoms with Crippen molar-refractivity contribution in [3.63, 3.8) is 0 Å². The smallest absolute Gasteiger partial charge is 0.329 e. The van der Waals surface area contributed by atoms with Gasteiger partial charge in [0.15, 0.2) is 0 Å². The molecule has 0 saturated heterocycles. The van der Waals surface area contributed by atoms with Crippen LogP contribution in [0.15, 0.2) is 23.0 Å². The Morgan fingerprint density at radius 3 is 2.95 bits per heavy atom. The summed E-state index contributed by atoms with van der Waals surface area (Å²) in [7, 11) is 0. The minimum atomic E-state index is -0.533. The normalized spacial score (nSPS) is 10.2. The van der Waals surface area contributed by atoms with E-state index >= 15 is 0 Å². The minimum absolute atomic E-state index is 0.145. The maximum atomic E-state index is 10.9. The molecule has 0 fully saturated rings. The van der Waals surface area contributed by atoms with Crippen molar-refractivity contribution >= 4 is 17.5 Å². The van der Waals surface area contributed by atoms with Gasteiger partial charge in [0.2, 0.25) is 11.8 Å².